The van der Waals surface area contributed by atoms with Crippen LogP contribution in [0.2, 0.25) is 0 Å². The van der Waals surface area contributed by atoms with E-state index in [0.717, 1.165) is 22.8 Å². The maximum Gasteiger partial charge on any atom is 0.181 e. The lowest BCUT2D eigenvalue weighted by atomic mass is 9.90. The standard InChI is InChI=1S/C12H15NOS/c1-12(2,3)7-9-11(14-8-13-9)10-5-4-6-15-10/h4-6,8H,7H2,1-3H3. The van der Waals surface area contributed by atoms with Crippen molar-refractivity contribution >= 4 is 11.3 Å². The third kappa shape index (κ3) is 2.48. The number of oxazole rings is 1. The van der Waals surface area contributed by atoms with Gasteiger partial charge in [-0.05, 0) is 23.3 Å². The summed E-state index contributed by atoms with van der Waals surface area (Å²) in [5, 5.41) is 2.05. The van der Waals surface area contributed by atoms with E-state index in [2.05, 4.69) is 37.2 Å². The number of rotatable bonds is 2. The summed E-state index contributed by atoms with van der Waals surface area (Å²) >= 11 is 1.69. The molecule has 0 aliphatic heterocycles. The van der Waals surface area contributed by atoms with Crippen LogP contribution in [0.4, 0.5) is 0 Å². The van der Waals surface area contributed by atoms with Crippen LogP contribution in [0.15, 0.2) is 28.3 Å². The highest BCUT2D eigenvalue weighted by Crippen LogP contribution is 2.31. The average molecular weight is 221 g/mol. The number of nitrogens with zero attached hydrogens (tertiary/aromatic N) is 1. The number of hydrogen-bond acceptors (Lipinski definition) is 3. The molecule has 2 nitrogen and oxygen atoms in total. The van der Waals surface area contributed by atoms with E-state index in [1.807, 2.05) is 6.07 Å². The van der Waals surface area contributed by atoms with Crippen molar-refractivity contribution in [2.45, 2.75) is 27.2 Å². The second kappa shape index (κ2) is 3.81. The smallest absolute Gasteiger partial charge is 0.181 e. The predicted octanol–water partition coefficient (Wildman–Crippen LogP) is 3.99. The lowest BCUT2D eigenvalue weighted by Gasteiger charge is -2.16. The maximum atomic E-state index is 5.45. The molecule has 2 rings (SSSR count). The highest BCUT2D eigenvalue weighted by atomic mass is 32.1. The molecule has 15 heavy (non-hydrogen) atoms. The third-order valence-electron chi connectivity index (χ3n) is 2.08. The Balaban J connectivity index is 2.31. The summed E-state index contributed by atoms with van der Waals surface area (Å²) in [5.41, 5.74) is 1.30. The van der Waals surface area contributed by atoms with Gasteiger partial charge in [0.05, 0.1) is 10.6 Å². The van der Waals surface area contributed by atoms with E-state index in [1.165, 1.54) is 6.39 Å². The van der Waals surface area contributed by atoms with Crippen LogP contribution in [0, 0.1) is 5.41 Å². The van der Waals surface area contributed by atoms with Gasteiger partial charge in [-0.3, -0.25) is 0 Å². The minimum absolute atomic E-state index is 0.239. The largest absolute Gasteiger partial charge is 0.442 e. The second-order valence-electron chi connectivity index (χ2n) is 4.84. The zero-order chi connectivity index (χ0) is 10.9. The Morgan fingerprint density at radius 1 is 1.40 bits per heavy atom. The zero-order valence-electron chi connectivity index (χ0n) is 9.28. The fourth-order valence-electron chi connectivity index (χ4n) is 1.51. The Kier molecular flexibility index (Phi) is 2.65. The van der Waals surface area contributed by atoms with Gasteiger partial charge >= 0.3 is 0 Å². The molecular formula is C12H15NOS. The molecule has 2 aromatic rings. The Labute approximate surface area is 94.0 Å². The van der Waals surface area contributed by atoms with Gasteiger partial charge in [-0.25, -0.2) is 4.98 Å². The first-order chi connectivity index (χ1) is 7.06. The molecule has 0 saturated heterocycles. The summed E-state index contributed by atoms with van der Waals surface area (Å²) in [6, 6.07) is 4.10. The van der Waals surface area contributed by atoms with Gasteiger partial charge < -0.3 is 4.42 Å². The van der Waals surface area contributed by atoms with Crippen LogP contribution in [-0.2, 0) is 6.42 Å². The fourth-order valence-corrected chi connectivity index (χ4v) is 2.24. The normalized spacial score (nSPS) is 11.9. The van der Waals surface area contributed by atoms with Gasteiger partial charge in [0.2, 0.25) is 0 Å². The zero-order valence-corrected chi connectivity index (χ0v) is 10.1. The number of aromatic nitrogens is 1. The van der Waals surface area contributed by atoms with Gasteiger partial charge in [0.15, 0.2) is 12.2 Å². The van der Waals surface area contributed by atoms with Crippen molar-refractivity contribution < 1.29 is 4.42 Å². The molecule has 80 valence electrons. The van der Waals surface area contributed by atoms with Crippen molar-refractivity contribution in [2.24, 2.45) is 5.41 Å². The van der Waals surface area contributed by atoms with Gasteiger partial charge in [-0.15, -0.1) is 11.3 Å². The molecule has 0 amide bonds. The van der Waals surface area contributed by atoms with Crippen molar-refractivity contribution in [3.8, 4) is 10.6 Å². The average Bonchev–Trinajstić information content (AvgIpc) is 2.68. The van der Waals surface area contributed by atoms with Crippen LogP contribution in [0.1, 0.15) is 26.5 Å². The molecular weight excluding hydrogens is 206 g/mol. The highest BCUT2D eigenvalue weighted by molar-refractivity contribution is 7.13. The SMILES string of the molecule is CC(C)(C)Cc1ncoc1-c1cccs1. The lowest BCUT2D eigenvalue weighted by molar-refractivity contribution is 0.406. The molecule has 3 heteroatoms. The second-order valence-corrected chi connectivity index (χ2v) is 5.79. The minimum atomic E-state index is 0.239. The summed E-state index contributed by atoms with van der Waals surface area (Å²) in [4.78, 5) is 5.46. The maximum absolute atomic E-state index is 5.45. The number of thiophene rings is 1. The van der Waals surface area contributed by atoms with E-state index in [-0.39, 0.29) is 5.41 Å². The third-order valence-corrected chi connectivity index (χ3v) is 2.95. The molecule has 0 atom stereocenters. The minimum Gasteiger partial charge on any atom is -0.442 e. The molecule has 0 fully saturated rings. The van der Waals surface area contributed by atoms with Gasteiger partial charge in [-0.2, -0.15) is 0 Å². The topological polar surface area (TPSA) is 26.0 Å². The molecule has 2 heterocycles. The molecule has 0 aliphatic rings. The molecule has 0 bridgehead atoms. The Hall–Kier alpha value is -1.09. The first-order valence-corrected chi connectivity index (χ1v) is 5.90. The molecule has 0 N–H and O–H groups in total. The fraction of sp³-hybridized carbons (Fsp3) is 0.417. The molecule has 0 aliphatic carbocycles. The van der Waals surface area contributed by atoms with Crippen LogP contribution in [0.5, 0.6) is 0 Å². The Morgan fingerprint density at radius 2 is 2.20 bits per heavy atom. The van der Waals surface area contributed by atoms with Crippen molar-refractivity contribution in [1.29, 1.82) is 0 Å². The highest BCUT2D eigenvalue weighted by Gasteiger charge is 2.18. The van der Waals surface area contributed by atoms with Crippen LogP contribution in [0.3, 0.4) is 0 Å². The summed E-state index contributed by atoms with van der Waals surface area (Å²) < 4.78 is 5.45. The van der Waals surface area contributed by atoms with E-state index in [4.69, 9.17) is 4.42 Å². The van der Waals surface area contributed by atoms with Gasteiger partial charge in [0.25, 0.3) is 0 Å². The van der Waals surface area contributed by atoms with Crippen LogP contribution in [-0.4, -0.2) is 4.98 Å². The summed E-state index contributed by atoms with van der Waals surface area (Å²) in [6.07, 6.45) is 2.48. The molecule has 0 spiro atoms. The van der Waals surface area contributed by atoms with Crippen LogP contribution >= 0.6 is 11.3 Å². The van der Waals surface area contributed by atoms with E-state index in [9.17, 15) is 0 Å². The van der Waals surface area contributed by atoms with Gasteiger partial charge in [-0.1, -0.05) is 26.8 Å². The van der Waals surface area contributed by atoms with E-state index >= 15 is 0 Å². The van der Waals surface area contributed by atoms with Crippen molar-refractivity contribution in [3.63, 3.8) is 0 Å². The molecule has 0 aromatic carbocycles. The van der Waals surface area contributed by atoms with Gasteiger partial charge in [0, 0.05) is 0 Å². The van der Waals surface area contributed by atoms with E-state index < -0.39 is 0 Å². The molecule has 0 radical (unpaired) electrons. The van der Waals surface area contributed by atoms with Gasteiger partial charge in [0.1, 0.15) is 0 Å². The molecule has 0 saturated carbocycles. The lowest BCUT2D eigenvalue weighted by Crippen LogP contribution is -2.09. The molecule has 0 unspecified atom stereocenters. The van der Waals surface area contributed by atoms with E-state index in [0.29, 0.717) is 0 Å². The first-order valence-electron chi connectivity index (χ1n) is 5.02. The summed E-state index contributed by atoms with van der Waals surface area (Å²) in [7, 11) is 0. The Morgan fingerprint density at radius 3 is 2.80 bits per heavy atom. The quantitative estimate of drug-likeness (QED) is 0.766. The van der Waals surface area contributed by atoms with Crippen molar-refractivity contribution in [3.05, 3.63) is 29.6 Å². The van der Waals surface area contributed by atoms with Crippen LogP contribution < -0.4 is 0 Å². The van der Waals surface area contributed by atoms with E-state index in [1.54, 1.807) is 11.3 Å². The first kappa shape index (κ1) is 10.4. The predicted molar refractivity (Wildman–Crippen MR) is 63.0 cm³/mol. The monoisotopic (exact) mass is 221 g/mol. The summed E-state index contributed by atoms with van der Waals surface area (Å²) in [6.45, 7) is 6.62. The summed E-state index contributed by atoms with van der Waals surface area (Å²) in [5.74, 6) is 0.930. The van der Waals surface area contributed by atoms with Crippen LogP contribution in [0.25, 0.3) is 10.6 Å². The number of hydrogen-bond donors (Lipinski definition) is 0. The van der Waals surface area contributed by atoms with Crippen molar-refractivity contribution in [2.75, 3.05) is 0 Å². The Bertz CT molecular complexity index is 423. The molecule has 2 aromatic heterocycles. The van der Waals surface area contributed by atoms with Crippen molar-refractivity contribution in [1.82, 2.24) is 4.98 Å².